The van der Waals surface area contributed by atoms with Gasteiger partial charge in [-0.25, -0.2) is 8.42 Å². The Bertz CT molecular complexity index is 792. The molecule has 0 N–H and O–H groups in total. The summed E-state index contributed by atoms with van der Waals surface area (Å²) in [6.07, 6.45) is 0.620. The van der Waals surface area contributed by atoms with Gasteiger partial charge in [-0.1, -0.05) is 48.5 Å². The monoisotopic (exact) mass is 344 g/mol. The Labute approximate surface area is 142 Å². The molecule has 0 unspecified atom stereocenters. The zero-order valence-electron chi connectivity index (χ0n) is 13.3. The Kier molecular flexibility index (Phi) is 4.97. The van der Waals surface area contributed by atoms with Gasteiger partial charge in [-0.05, 0) is 24.1 Å². The van der Waals surface area contributed by atoms with Crippen LogP contribution in [0.4, 0.5) is 5.69 Å². The van der Waals surface area contributed by atoms with Crippen LogP contribution in [0.2, 0.25) is 0 Å². The maximum absolute atomic E-state index is 12.7. The van der Waals surface area contributed by atoms with Crippen molar-refractivity contribution in [1.82, 2.24) is 4.31 Å². The Morgan fingerprint density at radius 3 is 2.17 bits per heavy atom. The average Bonchev–Trinajstić information content (AvgIpc) is 2.78. The average molecular weight is 344 g/mol. The van der Waals surface area contributed by atoms with Gasteiger partial charge in [-0.15, -0.1) is 0 Å². The highest BCUT2D eigenvalue weighted by atomic mass is 32.2. The van der Waals surface area contributed by atoms with E-state index in [0.717, 1.165) is 11.3 Å². The van der Waals surface area contributed by atoms with E-state index in [-0.39, 0.29) is 18.2 Å². The van der Waals surface area contributed by atoms with Crippen LogP contribution in [0.5, 0.6) is 0 Å². The van der Waals surface area contributed by atoms with Gasteiger partial charge in [0.25, 0.3) is 0 Å². The Morgan fingerprint density at radius 1 is 0.875 bits per heavy atom. The van der Waals surface area contributed by atoms with Gasteiger partial charge >= 0.3 is 0 Å². The van der Waals surface area contributed by atoms with Gasteiger partial charge in [-0.2, -0.15) is 4.31 Å². The molecule has 0 atom stereocenters. The molecule has 0 radical (unpaired) electrons. The van der Waals surface area contributed by atoms with Crippen molar-refractivity contribution < 1.29 is 13.2 Å². The van der Waals surface area contributed by atoms with Crippen LogP contribution in [0.25, 0.3) is 0 Å². The predicted octanol–water partition coefficient (Wildman–Crippen LogP) is 2.26. The normalized spacial score (nSPS) is 16.8. The molecular formula is C18H20N2O3S. The summed E-state index contributed by atoms with van der Waals surface area (Å²) in [6, 6.07) is 18.4. The number of nitrogens with zero attached hydrogens (tertiary/aromatic N) is 2. The molecule has 1 fully saturated rings. The maximum Gasteiger partial charge on any atom is 0.242 e. The molecule has 5 nitrogen and oxygen atoms in total. The van der Waals surface area contributed by atoms with Crippen molar-refractivity contribution in [3.8, 4) is 0 Å². The highest BCUT2D eigenvalue weighted by molar-refractivity contribution is 7.88. The van der Waals surface area contributed by atoms with Crippen molar-refractivity contribution in [2.45, 2.75) is 12.2 Å². The Morgan fingerprint density at radius 2 is 1.50 bits per heavy atom. The van der Waals surface area contributed by atoms with Gasteiger partial charge in [0.15, 0.2) is 0 Å². The molecule has 6 heteroatoms. The molecule has 0 aromatic heterocycles. The number of carbonyl (C=O) groups is 1. The second-order valence-electron chi connectivity index (χ2n) is 5.81. The standard InChI is InChI=1S/C18H20N2O3S/c21-18-14-19(24(22,23)15-16-8-3-1-4-9-16)12-7-13-20(18)17-10-5-2-6-11-17/h1-6,8-11H,7,12-15H2. The van der Waals surface area contributed by atoms with Crippen molar-refractivity contribution in [3.05, 3.63) is 66.2 Å². The first-order chi connectivity index (χ1) is 11.6. The molecular weight excluding hydrogens is 324 g/mol. The lowest BCUT2D eigenvalue weighted by atomic mass is 10.2. The van der Waals surface area contributed by atoms with Crippen molar-refractivity contribution in [2.24, 2.45) is 0 Å². The fraction of sp³-hybridized carbons (Fsp3) is 0.278. The van der Waals surface area contributed by atoms with E-state index in [4.69, 9.17) is 0 Å². The van der Waals surface area contributed by atoms with Crippen LogP contribution in [0, 0.1) is 0 Å². The first-order valence-electron chi connectivity index (χ1n) is 7.93. The number of para-hydroxylation sites is 1. The molecule has 0 aliphatic carbocycles. The lowest BCUT2D eigenvalue weighted by Gasteiger charge is -2.21. The van der Waals surface area contributed by atoms with Crippen LogP contribution in [-0.2, 0) is 20.6 Å². The minimum Gasteiger partial charge on any atom is -0.311 e. The fourth-order valence-corrected chi connectivity index (χ4v) is 4.35. The van der Waals surface area contributed by atoms with Crippen LogP contribution in [-0.4, -0.2) is 38.3 Å². The number of hydrogen-bond acceptors (Lipinski definition) is 3. The molecule has 1 amide bonds. The van der Waals surface area contributed by atoms with E-state index < -0.39 is 10.0 Å². The lowest BCUT2D eigenvalue weighted by molar-refractivity contribution is -0.118. The summed E-state index contributed by atoms with van der Waals surface area (Å²) in [5.41, 5.74) is 1.54. The van der Waals surface area contributed by atoms with E-state index in [9.17, 15) is 13.2 Å². The number of sulfonamides is 1. The van der Waals surface area contributed by atoms with Gasteiger partial charge in [-0.3, -0.25) is 4.79 Å². The third-order valence-corrected chi connectivity index (χ3v) is 5.85. The number of rotatable bonds is 4. The van der Waals surface area contributed by atoms with Crippen LogP contribution in [0.3, 0.4) is 0 Å². The fourth-order valence-electron chi connectivity index (χ4n) is 2.84. The highest BCUT2D eigenvalue weighted by Crippen LogP contribution is 2.19. The van der Waals surface area contributed by atoms with Crippen molar-refractivity contribution in [2.75, 3.05) is 24.5 Å². The largest absolute Gasteiger partial charge is 0.311 e. The molecule has 0 spiro atoms. The summed E-state index contributed by atoms with van der Waals surface area (Å²) < 4.78 is 26.6. The maximum atomic E-state index is 12.7. The smallest absolute Gasteiger partial charge is 0.242 e. The van der Waals surface area contributed by atoms with Gasteiger partial charge < -0.3 is 4.90 Å². The molecule has 1 aliphatic heterocycles. The van der Waals surface area contributed by atoms with E-state index in [0.29, 0.717) is 19.5 Å². The van der Waals surface area contributed by atoms with E-state index in [1.54, 1.807) is 17.0 Å². The second kappa shape index (κ2) is 7.15. The summed E-state index contributed by atoms with van der Waals surface area (Å²) in [4.78, 5) is 14.2. The first-order valence-corrected chi connectivity index (χ1v) is 9.54. The molecule has 24 heavy (non-hydrogen) atoms. The topological polar surface area (TPSA) is 57.7 Å². The van der Waals surface area contributed by atoms with Gasteiger partial charge in [0.05, 0.1) is 12.3 Å². The SMILES string of the molecule is O=C1CN(S(=O)(=O)Cc2ccccc2)CCCN1c1ccccc1. The molecule has 2 aromatic carbocycles. The molecule has 2 aromatic rings. The Hall–Kier alpha value is -2.18. The van der Waals surface area contributed by atoms with Crippen molar-refractivity contribution >= 4 is 21.6 Å². The minimum atomic E-state index is -3.51. The molecule has 1 saturated heterocycles. The number of anilines is 1. The summed E-state index contributed by atoms with van der Waals surface area (Å²) in [7, 11) is -3.51. The Balaban J connectivity index is 1.75. The molecule has 1 aliphatic rings. The molecule has 0 bridgehead atoms. The predicted molar refractivity (Wildman–Crippen MR) is 94.1 cm³/mol. The van der Waals surface area contributed by atoms with E-state index in [2.05, 4.69) is 0 Å². The van der Waals surface area contributed by atoms with Crippen LogP contribution in [0.15, 0.2) is 60.7 Å². The minimum absolute atomic E-state index is 0.0769. The quantitative estimate of drug-likeness (QED) is 0.855. The zero-order chi connectivity index (χ0) is 17.0. The van der Waals surface area contributed by atoms with Gasteiger partial charge in [0.1, 0.15) is 0 Å². The summed E-state index contributed by atoms with van der Waals surface area (Å²) in [6.45, 7) is 0.786. The molecule has 0 saturated carbocycles. The summed E-state index contributed by atoms with van der Waals surface area (Å²) >= 11 is 0. The highest BCUT2D eigenvalue weighted by Gasteiger charge is 2.30. The van der Waals surface area contributed by atoms with Crippen LogP contribution in [0.1, 0.15) is 12.0 Å². The number of amides is 1. The second-order valence-corrected chi connectivity index (χ2v) is 7.78. The summed E-state index contributed by atoms with van der Waals surface area (Å²) in [5, 5.41) is 0. The number of hydrogen-bond donors (Lipinski definition) is 0. The number of benzene rings is 2. The van der Waals surface area contributed by atoms with E-state index >= 15 is 0 Å². The van der Waals surface area contributed by atoms with E-state index in [1.807, 2.05) is 48.5 Å². The zero-order valence-corrected chi connectivity index (χ0v) is 14.2. The first kappa shape index (κ1) is 16.7. The molecule has 1 heterocycles. The van der Waals surface area contributed by atoms with Crippen molar-refractivity contribution in [1.29, 1.82) is 0 Å². The number of carbonyl (C=O) groups excluding carboxylic acids is 1. The summed E-state index contributed by atoms with van der Waals surface area (Å²) in [5.74, 6) is -0.262. The third-order valence-electron chi connectivity index (χ3n) is 4.06. The third kappa shape index (κ3) is 3.83. The lowest BCUT2D eigenvalue weighted by Crippen LogP contribution is -2.39. The molecule has 3 rings (SSSR count). The van der Waals surface area contributed by atoms with Crippen LogP contribution >= 0.6 is 0 Å². The van der Waals surface area contributed by atoms with E-state index in [1.165, 1.54) is 4.31 Å². The van der Waals surface area contributed by atoms with Gasteiger partial charge in [0, 0.05) is 18.8 Å². The molecule has 126 valence electrons. The van der Waals surface area contributed by atoms with Gasteiger partial charge in [0.2, 0.25) is 15.9 Å². The van der Waals surface area contributed by atoms with Crippen LogP contribution < -0.4 is 4.90 Å². The van der Waals surface area contributed by atoms with Crippen molar-refractivity contribution in [3.63, 3.8) is 0 Å².